The van der Waals surface area contributed by atoms with Gasteiger partial charge in [0.2, 0.25) is 0 Å². The second-order valence-corrected chi connectivity index (χ2v) is 4.28. The van der Waals surface area contributed by atoms with Crippen LogP contribution in [0.15, 0.2) is 24.3 Å². The first-order chi connectivity index (χ1) is 8.06. The maximum absolute atomic E-state index is 11.2. The van der Waals surface area contributed by atoms with E-state index in [2.05, 4.69) is 5.32 Å². The number of halogens is 1. The molecule has 0 aliphatic rings. The van der Waals surface area contributed by atoms with Gasteiger partial charge >= 0.3 is 5.97 Å². The van der Waals surface area contributed by atoms with Crippen molar-refractivity contribution in [2.24, 2.45) is 5.92 Å². The third-order valence-corrected chi connectivity index (χ3v) is 2.78. The zero-order chi connectivity index (χ0) is 12.8. The molecule has 0 fully saturated rings. The van der Waals surface area contributed by atoms with Gasteiger partial charge in [-0.1, -0.05) is 30.7 Å². The lowest BCUT2D eigenvalue weighted by Crippen LogP contribution is -2.37. The molecule has 94 valence electrons. The molecule has 5 heteroatoms. The summed E-state index contributed by atoms with van der Waals surface area (Å²) in [7, 11) is 1.55. The Hall–Kier alpha value is -1.26. The molecule has 0 bridgehead atoms. The van der Waals surface area contributed by atoms with Crippen LogP contribution in [0.1, 0.15) is 6.92 Å². The number of benzene rings is 1. The fraction of sp³-hybridized carbons (Fsp3) is 0.417. The van der Waals surface area contributed by atoms with Crippen LogP contribution in [-0.2, 0) is 9.53 Å². The summed E-state index contributed by atoms with van der Waals surface area (Å²) in [6.45, 7) is 2.18. The van der Waals surface area contributed by atoms with Gasteiger partial charge in [-0.25, -0.2) is 4.79 Å². The van der Waals surface area contributed by atoms with Crippen LogP contribution in [0.25, 0.3) is 0 Å². The highest BCUT2D eigenvalue weighted by Crippen LogP contribution is 2.23. The molecular formula is C12H16ClNO3. The summed E-state index contributed by atoms with van der Waals surface area (Å²) < 4.78 is 4.97. The number of nitrogens with one attached hydrogen (secondary N) is 1. The Morgan fingerprint density at radius 3 is 2.71 bits per heavy atom. The number of para-hydroxylation sites is 1. The van der Waals surface area contributed by atoms with Crippen LogP contribution < -0.4 is 5.32 Å². The molecule has 4 nitrogen and oxygen atoms in total. The van der Waals surface area contributed by atoms with Gasteiger partial charge in [0.25, 0.3) is 0 Å². The summed E-state index contributed by atoms with van der Waals surface area (Å²) in [5, 5.41) is 12.6. The summed E-state index contributed by atoms with van der Waals surface area (Å²) in [4.78, 5) is 11.2. The van der Waals surface area contributed by atoms with Crippen LogP contribution in [0, 0.1) is 5.92 Å². The largest absolute Gasteiger partial charge is 0.480 e. The molecule has 17 heavy (non-hydrogen) atoms. The van der Waals surface area contributed by atoms with Crippen LogP contribution >= 0.6 is 11.6 Å². The highest BCUT2D eigenvalue weighted by Gasteiger charge is 2.24. The first-order valence-corrected chi connectivity index (χ1v) is 5.67. The fourth-order valence-corrected chi connectivity index (χ4v) is 1.74. The maximum Gasteiger partial charge on any atom is 0.326 e. The average molecular weight is 258 g/mol. The van der Waals surface area contributed by atoms with Crippen molar-refractivity contribution in [3.05, 3.63) is 29.3 Å². The molecule has 2 unspecified atom stereocenters. The smallest absolute Gasteiger partial charge is 0.326 e. The Kier molecular flexibility index (Phi) is 5.25. The van der Waals surface area contributed by atoms with Crippen LogP contribution in [0.3, 0.4) is 0 Å². The topological polar surface area (TPSA) is 58.6 Å². The minimum atomic E-state index is -0.922. The Labute approximate surface area is 106 Å². The summed E-state index contributed by atoms with van der Waals surface area (Å²) in [6.07, 6.45) is 0. The van der Waals surface area contributed by atoms with Crippen LogP contribution in [0.4, 0.5) is 5.69 Å². The number of hydrogen-bond donors (Lipinski definition) is 2. The van der Waals surface area contributed by atoms with Gasteiger partial charge in [-0.2, -0.15) is 0 Å². The van der Waals surface area contributed by atoms with E-state index in [1.54, 1.807) is 31.4 Å². The van der Waals surface area contributed by atoms with Crippen molar-refractivity contribution in [1.82, 2.24) is 0 Å². The zero-order valence-electron chi connectivity index (χ0n) is 9.81. The number of carbonyl (C=O) groups is 1. The van der Waals surface area contributed by atoms with Crippen LogP contribution in [0.5, 0.6) is 0 Å². The van der Waals surface area contributed by atoms with E-state index in [-0.39, 0.29) is 5.92 Å². The van der Waals surface area contributed by atoms with Gasteiger partial charge < -0.3 is 15.2 Å². The average Bonchev–Trinajstić information content (AvgIpc) is 2.27. The first-order valence-electron chi connectivity index (χ1n) is 5.29. The van der Waals surface area contributed by atoms with Gasteiger partial charge in [0.15, 0.2) is 0 Å². The highest BCUT2D eigenvalue weighted by molar-refractivity contribution is 6.33. The predicted molar refractivity (Wildman–Crippen MR) is 67.5 cm³/mol. The normalized spacial score (nSPS) is 14.1. The van der Waals surface area contributed by atoms with Crippen molar-refractivity contribution >= 4 is 23.3 Å². The molecular weight excluding hydrogens is 242 g/mol. The van der Waals surface area contributed by atoms with Crippen molar-refractivity contribution in [2.45, 2.75) is 13.0 Å². The van der Waals surface area contributed by atoms with Gasteiger partial charge in [-0.3, -0.25) is 0 Å². The van der Waals surface area contributed by atoms with Crippen molar-refractivity contribution < 1.29 is 14.6 Å². The maximum atomic E-state index is 11.2. The lowest BCUT2D eigenvalue weighted by molar-refractivity contribution is -0.139. The number of carboxylic acids is 1. The summed E-state index contributed by atoms with van der Waals surface area (Å²) in [6, 6.07) is 6.33. The molecule has 1 rings (SSSR count). The third-order valence-electron chi connectivity index (χ3n) is 2.45. The van der Waals surface area contributed by atoms with Crippen LogP contribution in [0.2, 0.25) is 5.02 Å². The van der Waals surface area contributed by atoms with E-state index in [0.717, 1.165) is 0 Å². The van der Waals surface area contributed by atoms with Gasteiger partial charge in [0.1, 0.15) is 6.04 Å². The molecule has 1 aromatic carbocycles. The van der Waals surface area contributed by atoms with E-state index in [1.165, 1.54) is 0 Å². The van der Waals surface area contributed by atoms with E-state index in [1.807, 2.05) is 6.92 Å². The van der Waals surface area contributed by atoms with Crippen molar-refractivity contribution in [3.63, 3.8) is 0 Å². The number of methoxy groups -OCH3 is 1. The number of carboxylic acid groups (broad SMARTS) is 1. The molecule has 0 aromatic heterocycles. The molecule has 0 amide bonds. The Bertz CT molecular complexity index is 384. The Morgan fingerprint density at radius 2 is 2.18 bits per heavy atom. The van der Waals surface area contributed by atoms with E-state index in [9.17, 15) is 4.79 Å². The number of rotatable bonds is 6. The Morgan fingerprint density at radius 1 is 1.53 bits per heavy atom. The van der Waals surface area contributed by atoms with Gasteiger partial charge in [-0.15, -0.1) is 0 Å². The predicted octanol–water partition coefficient (Wildman–Crippen LogP) is 2.49. The van der Waals surface area contributed by atoms with Crippen molar-refractivity contribution in [3.8, 4) is 0 Å². The van der Waals surface area contributed by atoms with Gasteiger partial charge in [0.05, 0.1) is 17.3 Å². The molecule has 0 aliphatic heterocycles. The summed E-state index contributed by atoms with van der Waals surface area (Å²) in [5.41, 5.74) is 0.615. The third kappa shape index (κ3) is 3.91. The minimum absolute atomic E-state index is 0.159. The molecule has 2 atom stereocenters. The molecule has 0 heterocycles. The van der Waals surface area contributed by atoms with E-state index in [4.69, 9.17) is 21.4 Å². The summed E-state index contributed by atoms with van der Waals surface area (Å²) in [5.74, 6) is -1.08. The number of aliphatic carboxylic acids is 1. The molecule has 0 aliphatic carbocycles. The zero-order valence-corrected chi connectivity index (χ0v) is 10.6. The molecule has 2 N–H and O–H groups in total. The molecule has 0 saturated heterocycles. The fourth-order valence-electron chi connectivity index (χ4n) is 1.55. The SMILES string of the molecule is COCC(C)C(Nc1ccccc1Cl)C(=O)O. The first kappa shape index (κ1) is 13.8. The van der Waals surface area contributed by atoms with E-state index in [0.29, 0.717) is 17.3 Å². The Balaban J connectivity index is 2.80. The summed E-state index contributed by atoms with van der Waals surface area (Å²) >= 11 is 5.97. The van der Waals surface area contributed by atoms with E-state index >= 15 is 0 Å². The standard InChI is InChI=1S/C12H16ClNO3/c1-8(7-17-2)11(12(15)16)14-10-6-4-3-5-9(10)13/h3-6,8,11,14H,7H2,1-2H3,(H,15,16). The number of hydrogen-bond acceptors (Lipinski definition) is 3. The minimum Gasteiger partial charge on any atom is -0.480 e. The molecule has 0 spiro atoms. The second-order valence-electron chi connectivity index (χ2n) is 3.87. The van der Waals surface area contributed by atoms with Crippen molar-refractivity contribution in [1.29, 1.82) is 0 Å². The lowest BCUT2D eigenvalue weighted by Gasteiger charge is -2.22. The highest BCUT2D eigenvalue weighted by atomic mass is 35.5. The molecule has 0 radical (unpaired) electrons. The van der Waals surface area contributed by atoms with Gasteiger partial charge in [0, 0.05) is 13.0 Å². The number of anilines is 1. The monoisotopic (exact) mass is 257 g/mol. The van der Waals surface area contributed by atoms with Crippen molar-refractivity contribution in [2.75, 3.05) is 19.0 Å². The lowest BCUT2D eigenvalue weighted by atomic mass is 10.0. The number of ether oxygens (including phenoxy) is 1. The van der Waals surface area contributed by atoms with E-state index < -0.39 is 12.0 Å². The van der Waals surface area contributed by atoms with Crippen LogP contribution in [-0.4, -0.2) is 30.8 Å². The molecule has 1 aromatic rings. The second kappa shape index (κ2) is 6.47. The quantitative estimate of drug-likeness (QED) is 0.822. The van der Waals surface area contributed by atoms with Gasteiger partial charge in [-0.05, 0) is 12.1 Å². The molecule has 0 saturated carbocycles.